The van der Waals surface area contributed by atoms with Crippen molar-refractivity contribution in [3.05, 3.63) is 29.8 Å². The van der Waals surface area contributed by atoms with Crippen LogP contribution >= 0.6 is 0 Å². The van der Waals surface area contributed by atoms with Gasteiger partial charge in [0.05, 0.1) is 5.69 Å². The number of para-hydroxylation sites is 1. The molecule has 5 heteroatoms. The lowest BCUT2D eigenvalue weighted by Gasteiger charge is -2.21. The molecule has 1 aromatic carbocycles. The van der Waals surface area contributed by atoms with Crippen molar-refractivity contribution in [3.8, 4) is 5.75 Å². The molecule has 78 valence electrons. The maximum absolute atomic E-state index is 10.7. The molecule has 0 saturated carbocycles. The number of hydrogen-bond acceptors (Lipinski definition) is 4. The third-order valence-corrected chi connectivity index (χ3v) is 2.21. The minimum atomic E-state index is -1.12. The van der Waals surface area contributed by atoms with Crippen LogP contribution in [0.2, 0.25) is 0 Å². The largest absolute Gasteiger partial charge is 0.507 e. The maximum Gasteiger partial charge on any atom is 0.330 e. The number of carboxylic acid groups (broad SMARTS) is 1. The second-order valence-corrected chi connectivity index (χ2v) is 3.21. The van der Waals surface area contributed by atoms with E-state index in [9.17, 15) is 15.0 Å². The van der Waals surface area contributed by atoms with Gasteiger partial charge in [-0.3, -0.25) is 0 Å². The van der Waals surface area contributed by atoms with Crippen molar-refractivity contribution in [2.24, 2.45) is 0 Å². The van der Waals surface area contributed by atoms with Gasteiger partial charge in [-0.1, -0.05) is 6.07 Å². The molecule has 5 nitrogen and oxygen atoms in total. The van der Waals surface area contributed by atoms with Gasteiger partial charge in [-0.2, -0.15) is 0 Å². The van der Waals surface area contributed by atoms with E-state index in [-0.39, 0.29) is 17.2 Å². The van der Waals surface area contributed by atoms with E-state index in [2.05, 4.69) is 5.32 Å². The first-order valence-corrected chi connectivity index (χ1v) is 4.32. The molecule has 4 N–H and O–H groups in total. The molecule has 0 bridgehead atoms. The number of carboxylic acids is 1. The third-order valence-electron chi connectivity index (χ3n) is 2.21. The van der Waals surface area contributed by atoms with E-state index in [0.29, 0.717) is 5.56 Å². The molecular formula is C10H9NO4. The number of hydrogen-bond donors (Lipinski definition) is 4. The molecule has 15 heavy (non-hydrogen) atoms. The van der Waals surface area contributed by atoms with Gasteiger partial charge in [0, 0.05) is 5.56 Å². The first-order valence-electron chi connectivity index (χ1n) is 4.32. The summed E-state index contributed by atoms with van der Waals surface area (Å²) in [5.41, 5.74) is 0.636. The number of aromatic hydroxyl groups is 1. The predicted octanol–water partition coefficient (Wildman–Crippen LogP) is 1.17. The smallest absolute Gasteiger partial charge is 0.330 e. The van der Waals surface area contributed by atoms with Gasteiger partial charge in [-0.25, -0.2) is 4.79 Å². The van der Waals surface area contributed by atoms with E-state index >= 15 is 0 Å². The van der Waals surface area contributed by atoms with E-state index in [0.717, 1.165) is 0 Å². The van der Waals surface area contributed by atoms with Crippen molar-refractivity contribution in [2.75, 3.05) is 5.32 Å². The summed E-state index contributed by atoms with van der Waals surface area (Å²) in [6, 6.07) is 3.56. The van der Waals surface area contributed by atoms with Gasteiger partial charge in [-0.15, -0.1) is 0 Å². The second-order valence-electron chi connectivity index (χ2n) is 3.21. The summed E-state index contributed by atoms with van der Waals surface area (Å²) >= 11 is 0. The Hall–Kier alpha value is -2.17. The van der Waals surface area contributed by atoms with Crippen LogP contribution in [0.4, 0.5) is 5.69 Å². The highest BCUT2D eigenvalue weighted by Crippen LogP contribution is 2.34. The standard InChI is InChI=1S/C10H9NO4/c12-7-3-1-2-5-8(13)4-6(10(14)15)11-9(5)7/h1-4,6,11-13H,(H,14,15). The number of aliphatic hydroxyl groups excluding tert-OH is 1. The highest BCUT2D eigenvalue weighted by Gasteiger charge is 2.25. The van der Waals surface area contributed by atoms with Gasteiger partial charge >= 0.3 is 5.97 Å². The van der Waals surface area contributed by atoms with Crippen LogP contribution in [0.5, 0.6) is 5.75 Å². The van der Waals surface area contributed by atoms with E-state index in [1.54, 1.807) is 12.1 Å². The molecule has 1 aliphatic heterocycles. The van der Waals surface area contributed by atoms with Crippen molar-refractivity contribution in [1.82, 2.24) is 0 Å². The van der Waals surface area contributed by atoms with Crippen LogP contribution in [-0.2, 0) is 4.79 Å². The average molecular weight is 207 g/mol. The van der Waals surface area contributed by atoms with Crippen LogP contribution in [0.25, 0.3) is 5.76 Å². The first-order chi connectivity index (χ1) is 7.09. The summed E-state index contributed by atoms with van der Waals surface area (Å²) in [6.07, 6.45) is 1.18. The number of nitrogens with one attached hydrogen (secondary N) is 1. The second kappa shape index (κ2) is 3.20. The monoisotopic (exact) mass is 207 g/mol. The molecule has 0 amide bonds. The lowest BCUT2D eigenvalue weighted by Crippen LogP contribution is -2.30. The Morgan fingerprint density at radius 2 is 2.07 bits per heavy atom. The first kappa shape index (κ1) is 9.39. The summed E-state index contributed by atoms with van der Waals surface area (Å²) < 4.78 is 0. The fourth-order valence-electron chi connectivity index (χ4n) is 1.48. The molecule has 0 aromatic heterocycles. The molecule has 2 rings (SSSR count). The Morgan fingerprint density at radius 3 is 2.73 bits per heavy atom. The number of aliphatic hydroxyl groups is 1. The Labute approximate surface area is 85.3 Å². The third kappa shape index (κ3) is 1.48. The number of aliphatic carboxylic acids is 1. The molecule has 0 saturated heterocycles. The number of carbonyl (C=O) groups is 1. The van der Waals surface area contributed by atoms with Crippen molar-refractivity contribution in [2.45, 2.75) is 6.04 Å². The van der Waals surface area contributed by atoms with Crippen LogP contribution in [0.15, 0.2) is 24.3 Å². The summed E-state index contributed by atoms with van der Waals surface area (Å²) in [6.45, 7) is 0. The van der Waals surface area contributed by atoms with Gasteiger partial charge in [0.15, 0.2) is 0 Å². The predicted molar refractivity (Wildman–Crippen MR) is 53.8 cm³/mol. The van der Waals surface area contributed by atoms with Crippen LogP contribution in [-0.4, -0.2) is 27.3 Å². The minimum Gasteiger partial charge on any atom is -0.507 e. The zero-order chi connectivity index (χ0) is 11.0. The normalized spacial score (nSPS) is 18.7. The van der Waals surface area contributed by atoms with E-state index < -0.39 is 12.0 Å². The van der Waals surface area contributed by atoms with Crippen molar-refractivity contribution >= 4 is 17.4 Å². The molecule has 1 aromatic rings. The van der Waals surface area contributed by atoms with Gasteiger partial charge in [0.25, 0.3) is 0 Å². The molecule has 0 radical (unpaired) electrons. The van der Waals surface area contributed by atoms with E-state index in [1.807, 2.05) is 0 Å². The number of benzene rings is 1. The van der Waals surface area contributed by atoms with Crippen LogP contribution in [0.3, 0.4) is 0 Å². The van der Waals surface area contributed by atoms with E-state index in [4.69, 9.17) is 5.11 Å². The molecule has 1 aliphatic rings. The molecule has 1 unspecified atom stereocenters. The van der Waals surface area contributed by atoms with Gasteiger partial charge in [-0.05, 0) is 18.2 Å². The molecule has 1 heterocycles. The van der Waals surface area contributed by atoms with Gasteiger partial charge < -0.3 is 20.6 Å². The molecule has 0 aliphatic carbocycles. The SMILES string of the molecule is O=C(O)C1C=C(O)c2cccc(O)c2N1. The highest BCUT2D eigenvalue weighted by molar-refractivity contribution is 5.89. The summed E-state index contributed by atoms with van der Waals surface area (Å²) in [4.78, 5) is 10.7. The lowest BCUT2D eigenvalue weighted by molar-refractivity contribution is -0.136. The summed E-state index contributed by atoms with van der Waals surface area (Å²) in [5.74, 6) is -1.35. The van der Waals surface area contributed by atoms with Gasteiger partial charge in [0.1, 0.15) is 17.6 Å². The van der Waals surface area contributed by atoms with Crippen molar-refractivity contribution in [1.29, 1.82) is 0 Å². The number of phenolic OH excluding ortho intramolecular Hbond substituents is 1. The van der Waals surface area contributed by atoms with Crippen LogP contribution < -0.4 is 5.32 Å². The Balaban J connectivity index is 2.51. The fraction of sp³-hybridized carbons (Fsp3) is 0.100. The Kier molecular flexibility index (Phi) is 2.00. The Bertz CT molecular complexity index is 453. The number of phenols is 1. The number of fused-ring (bicyclic) bond motifs is 1. The topological polar surface area (TPSA) is 89.8 Å². The van der Waals surface area contributed by atoms with E-state index in [1.165, 1.54) is 12.1 Å². The van der Waals surface area contributed by atoms with Crippen molar-refractivity contribution < 1.29 is 20.1 Å². The summed E-state index contributed by atoms with van der Waals surface area (Å²) in [7, 11) is 0. The fourth-order valence-corrected chi connectivity index (χ4v) is 1.48. The molecule has 0 spiro atoms. The number of anilines is 1. The zero-order valence-electron chi connectivity index (χ0n) is 7.64. The maximum atomic E-state index is 10.7. The summed E-state index contributed by atoms with van der Waals surface area (Å²) in [5, 5.41) is 30.4. The Morgan fingerprint density at radius 1 is 1.33 bits per heavy atom. The minimum absolute atomic E-state index is 0.0848. The van der Waals surface area contributed by atoms with Crippen LogP contribution in [0.1, 0.15) is 5.56 Å². The molecular weight excluding hydrogens is 198 g/mol. The van der Waals surface area contributed by atoms with Crippen molar-refractivity contribution in [3.63, 3.8) is 0 Å². The quantitative estimate of drug-likeness (QED) is 0.519. The molecule has 1 atom stereocenters. The zero-order valence-corrected chi connectivity index (χ0v) is 7.64. The average Bonchev–Trinajstić information content (AvgIpc) is 2.19. The van der Waals surface area contributed by atoms with Crippen LogP contribution in [0, 0.1) is 0 Å². The molecule has 0 fully saturated rings. The highest BCUT2D eigenvalue weighted by atomic mass is 16.4. The lowest BCUT2D eigenvalue weighted by atomic mass is 10.0. The number of rotatable bonds is 1. The van der Waals surface area contributed by atoms with Gasteiger partial charge in [0.2, 0.25) is 0 Å².